The summed E-state index contributed by atoms with van der Waals surface area (Å²) in [6.45, 7) is 8.87. The maximum atomic E-state index is 11.8. The van der Waals surface area contributed by atoms with Gasteiger partial charge in [-0.15, -0.1) is 0 Å². The molecule has 0 unspecified atom stereocenters. The van der Waals surface area contributed by atoms with Crippen LogP contribution in [0.25, 0.3) is 0 Å². The molecule has 0 saturated carbocycles. The molecule has 29 heavy (non-hydrogen) atoms. The van der Waals surface area contributed by atoms with Gasteiger partial charge in [0.25, 0.3) is 5.91 Å². The summed E-state index contributed by atoms with van der Waals surface area (Å²) >= 11 is 0. The monoisotopic (exact) mass is 394 g/mol. The van der Waals surface area contributed by atoms with Gasteiger partial charge in [-0.1, -0.05) is 56.3 Å². The lowest BCUT2D eigenvalue weighted by molar-refractivity contribution is 0.0963. The highest BCUT2D eigenvalue weighted by atomic mass is 16.1. The van der Waals surface area contributed by atoms with E-state index < -0.39 is 0 Å². The van der Waals surface area contributed by atoms with E-state index in [1.807, 2.05) is 30.3 Å². The zero-order valence-electron chi connectivity index (χ0n) is 18.1. The van der Waals surface area contributed by atoms with Crippen molar-refractivity contribution in [1.82, 2.24) is 16.0 Å². The van der Waals surface area contributed by atoms with Crippen LogP contribution in [0.4, 0.5) is 0 Å². The van der Waals surface area contributed by atoms with Gasteiger partial charge in [0, 0.05) is 32.2 Å². The van der Waals surface area contributed by atoms with Crippen LogP contribution in [-0.4, -0.2) is 38.5 Å². The van der Waals surface area contributed by atoms with Crippen LogP contribution in [0.1, 0.15) is 42.3 Å². The second-order valence-corrected chi connectivity index (χ2v) is 7.98. The van der Waals surface area contributed by atoms with Gasteiger partial charge in [0.2, 0.25) is 0 Å². The zero-order chi connectivity index (χ0) is 21.1. The minimum atomic E-state index is -0.0599. The van der Waals surface area contributed by atoms with Gasteiger partial charge in [-0.2, -0.15) is 0 Å². The van der Waals surface area contributed by atoms with Gasteiger partial charge in [0.1, 0.15) is 0 Å². The topological polar surface area (TPSA) is 65.5 Å². The second kappa shape index (κ2) is 11.2. The van der Waals surface area contributed by atoms with Crippen molar-refractivity contribution in [2.75, 3.05) is 26.7 Å². The van der Waals surface area contributed by atoms with Gasteiger partial charge in [-0.25, -0.2) is 0 Å². The smallest absolute Gasteiger partial charge is 0.251 e. The normalized spacial score (nSPS) is 11.8. The number of carbonyl (C=O) groups is 1. The van der Waals surface area contributed by atoms with E-state index in [4.69, 9.17) is 4.99 Å². The van der Waals surface area contributed by atoms with Crippen molar-refractivity contribution in [2.45, 2.75) is 33.6 Å². The quantitative estimate of drug-likeness (QED) is 0.451. The van der Waals surface area contributed by atoms with Gasteiger partial charge < -0.3 is 16.0 Å². The van der Waals surface area contributed by atoms with Gasteiger partial charge >= 0.3 is 0 Å². The van der Waals surface area contributed by atoms with Crippen molar-refractivity contribution >= 4 is 11.9 Å². The van der Waals surface area contributed by atoms with Gasteiger partial charge in [0.05, 0.1) is 0 Å². The van der Waals surface area contributed by atoms with Crippen LogP contribution in [0.2, 0.25) is 0 Å². The molecule has 0 spiro atoms. The van der Waals surface area contributed by atoms with Crippen molar-refractivity contribution in [3.63, 3.8) is 0 Å². The molecule has 5 heteroatoms. The molecule has 1 amide bonds. The molecule has 3 N–H and O–H groups in total. The van der Waals surface area contributed by atoms with E-state index in [-0.39, 0.29) is 11.3 Å². The molecule has 0 aliphatic heterocycles. The SMILES string of the molecule is CCNC(=NCC(C)(C)Cc1ccccc1)NCCc1cccc(C(=O)NC)c1. The average Bonchev–Trinajstić information content (AvgIpc) is 2.72. The number of guanidine groups is 1. The molecule has 5 nitrogen and oxygen atoms in total. The van der Waals surface area contributed by atoms with Crippen LogP contribution >= 0.6 is 0 Å². The lowest BCUT2D eigenvalue weighted by atomic mass is 9.86. The third kappa shape index (κ3) is 7.98. The Balaban J connectivity index is 1.91. The maximum Gasteiger partial charge on any atom is 0.251 e. The standard InChI is InChI=1S/C24H34N4O/c1-5-26-23(28-18-24(2,3)17-20-10-7-6-8-11-20)27-15-14-19-12-9-13-21(16-19)22(29)25-4/h6-13,16H,5,14-15,17-18H2,1-4H3,(H,25,29)(H2,26,27,28). The first-order valence-corrected chi connectivity index (χ1v) is 10.3. The summed E-state index contributed by atoms with van der Waals surface area (Å²) in [5.74, 6) is 0.770. The fraction of sp³-hybridized carbons (Fsp3) is 0.417. The third-order valence-corrected chi connectivity index (χ3v) is 4.66. The first kappa shape index (κ1) is 22.5. The Labute approximate surface area is 175 Å². The van der Waals surface area contributed by atoms with Crippen LogP contribution in [0.3, 0.4) is 0 Å². The molecular weight excluding hydrogens is 360 g/mol. The molecule has 0 atom stereocenters. The summed E-state index contributed by atoms with van der Waals surface area (Å²) in [6.07, 6.45) is 1.81. The molecule has 2 aromatic carbocycles. The average molecular weight is 395 g/mol. The number of aliphatic imine (C=N–C) groups is 1. The van der Waals surface area contributed by atoms with E-state index >= 15 is 0 Å². The molecule has 0 aliphatic rings. The Bertz CT molecular complexity index is 800. The van der Waals surface area contributed by atoms with Crippen molar-refractivity contribution in [2.24, 2.45) is 10.4 Å². The van der Waals surface area contributed by atoms with Crippen LogP contribution in [0, 0.1) is 5.41 Å². The summed E-state index contributed by atoms with van der Waals surface area (Å²) < 4.78 is 0. The number of amides is 1. The molecule has 0 aliphatic carbocycles. The molecule has 2 aromatic rings. The van der Waals surface area contributed by atoms with Crippen molar-refractivity contribution < 1.29 is 4.79 Å². The fourth-order valence-electron chi connectivity index (χ4n) is 3.18. The van der Waals surface area contributed by atoms with Crippen LogP contribution in [0.5, 0.6) is 0 Å². The lowest BCUT2D eigenvalue weighted by Gasteiger charge is -2.23. The van der Waals surface area contributed by atoms with E-state index in [0.717, 1.165) is 44.0 Å². The number of rotatable bonds is 9. The number of benzene rings is 2. The minimum absolute atomic E-state index is 0.0599. The van der Waals surface area contributed by atoms with E-state index in [1.54, 1.807) is 7.05 Å². The predicted molar refractivity (Wildman–Crippen MR) is 121 cm³/mol. The first-order chi connectivity index (χ1) is 13.9. The Morgan fingerprint density at radius 1 is 1.00 bits per heavy atom. The summed E-state index contributed by atoms with van der Waals surface area (Å²) in [7, 11) is 1.65. The highest BCUT2D eigenvalue weighted by molar-refractivity contribution is 5.94. The Kier molecular flexibility index (Phi) is 8.71. The molecule has 0 radical (unpaired) electrons. The molecule has 0 fully saturated rings. The number of nitrogens with one attached hydrogen (secondary N) is 3. The molecule has 2 rings (SSSR count). The molecule has 0 saturated heterocycles. The predicted octanol–water partition coefficient (Wildman–Crippen LogP) is 3.41. The number of hydrogen-bond donors (Lipinski definition) is 3. The van der Waals surface area contributed by atoms with Crippen molar-refractivity contribution in [1.29, 1.82) is 0 Å². The molecular formula is C24H34N4O. The first-order valence-electron chi connectivity index (χ1n) is 10.3. The fourth-order valence-corrected chi connectivity index (χ4v) is 3.18. The summed E-state index contributed by atoms with van der Waals surface area (Å²) in [5, 5.41) is 9.39. The van der Waals surface area contributed by atoms with Crippen molar-refractivity contribution in [3.05, 3.63) is 71.3 Å². The lowest BCUT2D eigenvalue weighted by Crippen LogP contribution is -2.39. The van der Waals surface area contributed by atoms with Crippen LogP contribution in [-0.2, 0) is 12.8 Å². The van der Waals surface area contributed by atoms with Gasteiger partial charge in [-0.3, -0.25) is 9.79 Å². The van der Waals surface area contributed by atoms with E-state index in [2.05, 4.69) is 61.0 Å². The minimum Gasteiger partial charge on any atom is -0.357 e. The molecule has 0 aromatic heterocycles. The Hall–Kier alpha value is -2.82. The van der Waals surface area contributed by atoms with Gasteiger partial charge in [0.15, 0.2) is 5.96 Å². The summed E-state index contributed by atoms with van der Waals surface area (Å²) in [6, 6.07) is 18.3. The zero-order valence-corrected chi connectivity index (χ0v) is 18.1. The van der Waals surface area contributed by atoms with Crippen LogP contribution < -0.4 is 16.0 Å². The van der Waals surface area contributed by atoms with Crippen LogP contribution in [0.15, 0.2) is 59.6 Å². The molecule has 156 valence electrons. The highest BCUT2D eigenvalue weighted by Gasteiger charge is 2.18. The Morgan fingerprint density at radius 3 is 2.41 bits per heavy atom. The maximum absolute atomic E-state index is 11.8. The largest absolute Gasteiger partial charge is 0.357 e. The number of nitrogens with zero attached hydrogens (tertiary/aromatic N) is 1. The summed E-state index contributed by atoms with van der Waals surface area (Å²) in [5.41, 5.74) is 3.22. The Morgan fingerprint density at radius 2 is 1.72 bits per heavy atom. The highest BCUT2D eigenvalue weighted by Crippen LogP contribution is 2.22. The van der Waals surface area contributed by atoms with E-state index in [1.165, 1.54) is 5.56 Å². The third-order valence-electron chi connectivity index (χ3n) is 4.66. The van der Waals surface area contributed by atoms with E-state index in [0.29, 0.717) is 5.56 Å². The number of hydrogen-bond acceptors (Lipinski definition) is 2. The van der Waals surface area contributed by atoms with Crippen molar-refractivity contribution in [3.8, 4) is 0 Å². The van der Waals surface area contributed by atoms with Gasteiger partial charge in [-0.05, 0) is 48.4 Å². The molecule has 0 heterocycles. The number of carbonyl (C=O) groups excluding carboxylic acids is 1. The summed E-state index contributed by atoms with van der Waals surface area (Å²) in [4.78, 5) is 16.6. The van der Waals surface area contributed by atoms with E-state index in [9.17, 15) is 4.79 Å². The second-order valence-electron chi connectivity index (χ2n) is 7.98. The molecule has 0 bridgehead atoms.